The van der Waals surface area contributed by atoms with Crippen LogP contribution in [0.25, 0.3) is 22.5 Å². The van der Waals surface area contributed by atoms with E-state index in [2.05, 4.69) is 102 Å². The van der Waals surface area contributed by atoms with E-state index in [4.69, 9.17) is 9.84 Å². The molecular formula is C29H33N3O. The van der Waals surface area contributed by atoms with Crippen molar-refractivity contribution in [2.24, 2.45) is 0 Å². The zero-order chi connectivity index (χ0) is 22.9. The number of aromatic nitrogens is 2. The highest BCUT2D eigenvalue weighted by Gasteiger charge is 2.18. The first-order chi connectivity index (χ1) is 16.3. The summed E-state index contributed by atoms with van der Waals surface area (Å²) in [6.45, 7) is 8.73. The van der Waals surface area contributed by atoms with E-state index in [1.165, 1.54) is 5.56 Å². The second-order valence-corrected chi connectivity index (χ2v) is 8.13. The quantitative estimate of drug-likeness (QED) is 0.274. The summed E-state index contributed by atoms with van der Waals surface area (Å²) in [6, 6.07) is 33.5. The van der Waals surface area contributed by atoms with Crippen molar-refractivity contribution >= 4 is 0 Å². The minimum atomic E-state index is -0.0762. The normalized spacial score (nSPS) is 12.2. The molecule has 1 atom stereocenters. The predicted octanol–water partition coefficient (Wildman–Crippen LogP) is 6.32. The van der Waals surface area contributed by atoms with Gasteiger partial charge in [0.1, 0.15) is 6.10 Å². The maximum atomic E-state index is 6.47. The van der Waals surface area contributed by atoms with E-state index in [1.807, 2.05) is 18.2 Å². The van der Waals surface area contributed by atoms with Crippen LogP contribution in [-0.2, 0) is 11.3 Å². The molecule has 1 unspecified atom stereocenters. The van der Waals surface area contributed by atoms with Crippen LogP contribution in [0.15, 0.2) is 97.1 Å². The fraction of sp³-hybridized carbons (Fsp3) is 0.276. The Kier molecular flexibility index (Phi) is 8.07. The molecule has 4 heteroatoms. The molecule has 4 aromatic rings. The van der Waals surface area contributed by atoms with E-state index >= 15 is 0 Å². The fourth-order valence-corrected chi connectivity index (χ4v) is 4.09. The fourth-order valence-electron chi connectivity index (χ4n) is 4.09. The van der Waals surface area contributed by atoms with E-state index in [0.29, 0.717) is 13.2 Å². The maximum Gasteiger partial charge on any atom is 0.102 e. The van der Waals surface area contributed by atoms with Gasteiger partial charge < -0.3 is 9.64 Å². The summed E-state index contributed by atoms with van der Waals surface area (Å²) in [4.78, 5) is 2.39. The largest absolute Gasteiger partial charge is 0.370 e. The van der Waals surface area contributed by atoms with Crippen LogP contribution in [-0.4, -0.2) is 40.9 Å². The molecule has 4 nitrogen and oxygen atoms in total. The lowest BCUT2D eigenvalue weighted by atomic mass is 10.1. The zero-order valence-electron chi connectivity index (χ0n) is 19.6. The average molecular weight is 440 g/mol. The SMILES string of the molecule is CCN(CC)CCOC(Cn1nc(-c2ccccc2)cc1-c1ccccc1)c1ccccc1. The molecule has 0 radical (unpaired) electrons. The second kappa shape index (κ2) is 11.6. The Morgan fingerprint density at radius 1 is 0.788 bits per heavy atom. The molecule has 0 saturated carbocycles. The molecule has 0 saturated heterocycles. The number of benzene rings is 3. The zero-order valence-corrected chi connectivity index (χ0v) is 19.6. The van der Waals surface area contributed by atoms with Crippen LogP contribution in [0, 0.1) is 0 Å². The first-order valence-corrected chi connectivity index (χ1v) is 11.9. The molecule has 0 fully saturated rings. The van der Waals surface area contributed by atoms with Gasteiger partial charge in [0.25, 0.3) is 0 Å². The Balaban J connectivity index is 1.65. The molecular weight excluding hydrogens is 406 g/mol. The molecule has 170 valence electrons. The van der Waals surface area contributed by atoms with Gasteiger partial charge in [0.2, 0.25) is 0 Å². The summed E-state index contributed by atoms with van der Waals surface area (Å²) in [5.74, 6) is 0. The molecule has 0 aliphatic rings. The van der Waals surface area contributed by atoms with Crippen LogP contribution in [0.2, 0.25) is 0 Å². The van der Waals surface area contributed by atoms with Crippen molar-refractivity contribution in [3.63, 3.8) is 0 Å². The highest BCUT2D eigenvalue weighted by molar-refractivity contribution is 5.68. The first-order valence-electron chi connectivity index (χ1n) is 11.9. The topological polar surface area (TPSA) is 30.3 Å². The van der Waals surface area contributed by atoms with Crippen molar-refractivity contribution in [3.05, 3.63) is 103 Å². The van der Waals surface area contributed by atoms with Gasteiger partial charge >= 0.3 is 0 Å². The Hall–Kier alpha value is -3.21. The van der Waals surface area contributed by atoms with Gasteiger partial charge in [-0.05, 0) is 30.3 Å². The van der Waals surface area contributed by atoms with Crippen molar-refractivity contribution in [3.8, 4) is 22.5 Å². The Morgan fingerprint density at radius 2 is 1.36 bits per heavy atom. The Labute approximate surface area is 197 Å². The van der Waals surface area contributed by atoms with Crippen LogP contribution in [0.3, 0.4) is 0 Å². The molecule has 1 aromatic heterocycles. The molecule has 1 heterocycles. The second-order valence-electron chi connectivity index (χ2n) is 8.13. The van der Waals surface area contributed by atoms with Crippen molar-refractivity contribution in [2.45, 2.75) is 26.5 Å². The van der Waals surface area contributed by atoms with Gasteiger partial charge in [-0.2, -0.15) is 5.10 Å². The molecule has 0 aliphatic carbocycles. The number of hydrogen-bond acceptors (Lipinski definition) is 3. The van der Waals surface area contributed by atoms with Crippen LogP contribution in [0.5, 0.6) is 0 Å². The van der Waals surface area contributed by atoms with Crippen molar-refractivity contribution < 1.29 is 4.74 Å². The number of nitrogens with zero attached hydrogens (tertiary/aromatic N) is 3. The van der Waals surface area contributed by atoms with Crippen molar-refractivity contribution in [2.75, 3.05) is 26.2 Å². The predicted molar refractivity (Wildman–Crippen MR) is 136 cm³/mol. The van der Waals surface area contributed by atoms with Crippen LogP contribution in [0.1, 0.15) is 25.5 Å². The van der Waals surface area contributed by atoms with Gasteiger partial charge in [-0.1, -0.05) is 105 Å². The molecule has 0 N–H and O–H groups in total. The molecule has 0 bridgehead atoms. The van der Waals surface area contributed by atoms with Gasteiger partial charge in [0.05, 0.1) is 24.5 Å². The average Bonchev–Trinajstić information content (AvgIpc) is 3.31. The third-order valence-electron chi connectivity index (χ3n) is 6.05. The van der Waals surface area contributed by atoms with Crippen molar-refractivity contribution in [1.82, 2.24) is 14.7 Å². The van der Waals surface area contributed by atoms with Gasteiger partial charge in [-0.25, -0.2) is 0 Å². The number of hydrogen-bond donors (Lipinski definition) is 0. The first kappa shape index (κ1) is 23.0. The third kappa shape index (κ3) is 5.98. The van der Waals surface area contributed by atoms with Crippen LogP contribution >= 0.6 is 0 Å². The van der Waals surface area contributed by atoms with Gasteiger partial charge in [0, 0.05) is 12.1 Å². The summed E-state index contributed by atoms with van der Waals surface area (Å²) >= 11 is 0. The summed E-state index contributed by atoms with van der Waals surface area (Å²) < 4.78 is 8.57. The van der Waals surface area contributed by atoms with Gasteiger partial charge in [-0.15, -0.1) is 0 Å². The number of ether oxygens (including phenoxy) is 1. The third-order valence-corrected chi connectivity index (χ3v) is 6.05. The van der Waals surface area contributed by atoms with E-state index in [0.717, 1.165) is 42.1 Å². The highest BCUT2D eigenvalue weighted by Crippen LogP contribution is 2.29. The lowest BCUT2D eigenvalue weighted by Gasteiger charge is -2.23. The summed E-state index contributed by atoms with van der Waals surface area (Å²) in [5.41, 5.74) is 5.52. The molecule has 0 amide bonds. The lowest BCUT2D eigenvalue weighted by molar-refractivity contribution is 0.0258. The minimum absolute atomic E-state index is 0.0762. The van der Waals surface area contributed by atoms with E-state index in [1.54, 1.807) is 0 Å². The monoisotopic (exact) mass is 439 g/mol. The Bertz CT molecular complexity index is 1090. The van der Waals surface area contributed by atoms with Gasteiger partial charge in [0.15, 0.2) is 0 Å². The van der Waals surface area contributed by atoms with Crippen molar-refractivity contribution in [1.29, 1.82) is 0 Å². The summed E-state index contributed by atoms with van der Waals surface area (Å²) in [7, 11) is 0. The summed E-state index contributed by atoms with van der Waals surface area (Å²) in [5, 5.41) is 5.02. The van der Waals surface area contributed by atoms with E-state index in [9.17, 15) is 0 Å². The molecule has 4 rings (SSSR count). The minimum Gasteiger partial charge on any atom is -0.370 e. The van der Waals surface area contributed by atoms with Crippen LogP contribution < -0.4 is 0 Å². The summed E-state index contributed by atoms with van der Waals surface area (Å²) in [6.07, 6.45) is -0.0762. The smallest absolute Gasteiger partial charge is 0.102 e. The highest BCUT2D eigenvalue weighted by atomic mass is 16.5. The number of likely N-dealkylation sites (N-methyl/N-ethyl adjacent to an activating group) is 1. The molecule has 3 aromatic carbocycles. The van der Waals surface area contributed by atoms with E-state index in [-0.39, 0.29) is 6.10 Å². The molecule has 0 spiro atoms. The number of rotatable bonds is 11. The molecule has 0 aliphatic heterocycles. The maximum absolute atomic E-state index is 6.47. The standard InChI is InChI=1S/C29H33N3O/c1-3-31(4-2)20-21-33-29(26-18-12-7-13-19-26)23-32-28(25-16-10-6-11-17-25)22-27(30-32)24-14-8-5-9-15-24/h5-19,22,29H,3-4,20-21,23H2,1-2H3. The van der Waals surface area contributed by atoms with E-state index < -0.39 is 0 Å². The van der Waals surface area contributed by atoms with Crippen LogP contribution in [0.4, 0.5) is 0 Å². The lowest BCUT2D eigenvalue weighted by Crippen LogP contribution is -2.28. The Morgan fingerprint density at radius 3 is 1.97 bits per heavy atom. The van der Waals surface area contributed by atoms with Gasteiger partial charge in [-0.3, -0.25) is 4.68 Å². The molecule has 33 heavy (non-hydrogen) atoms.